The van der Waals surface area contributed by atoms with E-state index in [9.17, 15) is 5.26 Å². The highest BCUT2D eigenvalue weighted by Gasteiger charge is 2.35. The van der Waals surface area contributed by atoms with Crippen LogP contribution >= 0.6 is 15.9 Å². The molecule has 1 aliphatic heterocycles. The Morgan fingerprint density at radius 2 is 1.93 bits per heavy atom. The molecule has 29 heavy (non-hydrogen) atoms. The number of nitriles is 1. The van der Waals surface area contributed by atoms with Crippen molar-refractivity contribution in [2.24, 2.45) is 5.73 Å². The highest BCUT2D eigenvalue weighted by Crippen LogP contribution is 2.45. The lowest BCUT2D eigenvalue weighted by atomic mass is 9.83. The van der Waals surface area contributed by atoms with E-state index in [1.165, 1.54) is 0 Å². The van der Waals surface area contributed by atoms with Crippen LogP contribution in [0.5, 0.6) is 11.6 Å². The molecule has 146 valence electrons. The lowest BCUT2D eigenvalue weighted by Gasteiger charge is -2.24. The van der Waals surface area contributed by atoms with Gasteiger partial charge in [0.25, 0.3) is 0 Å². The van der Waals surface area contributed by atoms with E-state index in [-0.39, 0.29) is 11.8 Å². The maximum absolute atomic E-state index is 9.77. The van der Waals surface area contributed by atoms with Crippen molar-refractivity contribution in [1.82, 2.24) is 10.2 Å². The van der Waals surface area contributed by atoms with Crippen LogP contribution in [-0.2, 0) is 0 Å². The van der Waals surface area contributed by atoms with Crippen LogP contribution in [0.4, 0.5) is 0 Å². The molecule has 6 nitrogen and oxygen atoms in total. The second-order valence-corrected chi connectivity index (χ2v) is 7.58. The third-order valence-corrected chi connectivity index (χ3v) is 5.29. The van der Waals surface area contributed by atoms with E-state index in [0.717, 1.165) is 39.0 Å². The monoisotopic (exact) mass is 450 g/mol. The molecule has 3 aromatic rings. The number of H-pyrrole nitrogens is 1. The van der Waals surface area contributed by atoms with Crippen molar-refractivity contribution in [3.8, 4) is 29.0 Å². The van der Waals surface area contributed by atoms with Gasteiger partial charge in [-0.3, -0.25) is 5.10 Å². The predicted molar refractivity (Wildman–Crippen MR) is 113 cm³/mol. The molecular formula is C22H19BrN4O2. The number of halogens is 1. The molecule has 0 bridgehead atoms. The highest BCUT2D eigenvalue weighted by molar-refractivity contribution is 9.10. The van der Waals surface area contributed by atoms with Crippen molar-refractivity contribution < 1.29 is 9.47 Å². The second-order valence-electron chi connectivity index (χ2n) is 6.67. The van der Waals surface area contributed by atoms with E-state index in [0.29, 0.717) is 18.1 Å². The predicted octanol–water partition coefficient (Wildman–Crippen LogP) is 4.85. The Balaban J connectivity index is 1.80. The smallest absolute Gasteiger partial charge is 0.244 e. The summed E-state index contributed by atoms with van der Waals surface area (Å²) in [4.78, 5) is 0. The number of benzene rings is 2. The highest BCUT2D eigenvalue weighted by atomic mass is 79.9. The number of nitrogens with one attached hydrogen (secondary N) is 1. The Bertz CT molecular complexity index is 1100. The van der Waals surface area contributed by atoms with E-state index in [1.807, 2.05) is 48.5 Å². The fourth-order valence-corrected chi connectivity index (χ4v) is 3.66. The van der Waals surface area contributed by atoms with Gasteiger partial charge in [0.2, 0.25) is 11.8 Å². The molecule has 0 aliphatic carbocycles. The second kappa shape index (κ2) is 8.02. The number of rotatable bonds is 5. The lowest BCUT2D eigenvalue weighted by molar-refractivity contribution is 0.317. The van der Waals surface area contributed by atoms with E-state index in [4.69, 9.17) is 15.2 Å². The Morgan fingerprint density at radius 1 is 1.21 bits per heavy atom. The van der Waals surface area contributed by atoms with Crippen LogP contribution in [-0.4, -0.2) is 16.8 Å². The van der Waals surface area contributed by atoms with Gasteiger partial charge >= 0.3 is 0 Å². The summed E-state index contributed by atoms with van der Waals surface area (Å²) in [6.07, 6.45) is 0.951. The van der Waals surface area contributed by atoms with Crippen LogP contribution in [0.1, 0.15) is 30.4 Å². The number of hydrogen-bond acceptors (Lipinski definition) is 5. The minimum atomic E-state index is -0.374. The van der Waals surface area contributed by atoms with Crippen LogP contribution in [0.15, 0.2) is 64.5 Å². The molecular weight excluding hydrogens is 432 g/mol. The van der Waals surface area contributed by atoms with Gasteiger partial charge in [0, 0.05) is 10.0 Å². The molecule has 0 saturated heterocycles. The van der Waals surface area contributed by atoms with Gasteiger partial charge in [-0.05, 0) is 48.4 Å². The average molecular weight is 451 g/mol. The summed E-state index contributed by atoms with van der Waals surface area (Å²) >= 11 is 3.46. The molecule has 3 N–H and O–H groups in total. The molecule has 0 unspecified atom stereocenters. The fourth-order valence-electron chi connectivity index (χ4n) is 3.39. The van der Waals surface area contributed by atoms with E-state index in [2.05, 4.69) is 39.1 Å². The number of nitrogens with zero attached hydrogens (tertiary/aromatic N) is 2. The third kappa shape index (κ3) is 3.59. The van der Waals surface area contributed by atoms with Crippen molar-refractivity contribution in [1.29, 1.82) is 5.26 Å². The molecule has 0 fully saturated rings. The van der Waals surface area contributed by atoms with Gasteiger partial charge in [-0.2, -0.15) is 5.26 Å². The zero-order valence-electron chi connectivity index (χ0n) is 15.8. The Morgan fingerprint density at radius 3 is 2.59 bits per heavy atom. The molecule has 0 radical (unpaired) electrons. The molecule has 7 heteroatoms. The number of hydrogen-bond donors (Lipinski definition) is 2. The molecule has 2 heterocycles. The lowest BCUT2D eigenvalue weighted by Crippen LogP contribution is -2.20. The zero-order chi connectivity index (χ0) is 20.4. The molecule has 0 spiro atoms. The molecule has 1 aliphatic rings. The van der Waals surface area contributed by atoms with E-state index in [1.54, 1.807) is 0 Å². The quantitative estimate of drug-likeness (QED) is 0.578. The minimum absolute atomic E-state index is 0.0780. The summed E-state index contributed by atoms with van der Waals surface area (Å²) in [6.45, 7) is 2.74. The number of ether oxygens (including phenoxy) is 2. The van der Waals surface area contributed by atoms with E-state index < -0.39 is 0 Å². The van der Waals surface area contributed by atoms with Crippen molar-refractivity contribution in [3.63, 3.8) is 0 Å². The number of aromatic amines is 1. The summed E-state index contributed by atoms with van der Waals surface area (Å²) in [5.41, 5.74) is 9.83. The van der Waals surface area contributed by atoms with Gasteiger partial charge in [0.15, 0.2) is 0 Å². The number of nitrogens with two attached hydrogens (primary N) is 1. The van der Waals surface area contributed by atoms with Gasteiger partial charge < -0.3 is 15.2 Å². The molecule has 1 atom stereocenters. The maximum atomic E-state index is 9.77. The molecule has 0 amide bonds. The summed E-state index contributed by atoms with van der Waals surface area (Å²) in [5.74, 6) is 0.901. The standard InChI is InChI=1S/C22H19BrN4O2/c1-2-11-28-16-9-5-14(6-10-16)20-19-18(13-3-7-15(23)8-4-13)17(12-24)21(25)29-22(19)27-26-20/h3-10,18H,2,11,25H2,1H3,(H,26,27)/t18-/m0/s1. The van der Waals surface area contributed by atoms with Gasteiger partial charge in [0.05, 0.1) is 23.8 Å². The first kappa shape index (κ1) is 19.1. The van der Waals surface area contributed by atoms with Gasteiger partial charge in [-0.1, -0.05) is 35.0 Å². The fraction of sp³-hybridized carbons (Fsp3) is 0.182. The number of aromatic nitrogens is 2. The zero-order valence-corrected chi connectivity index (χ0v) is 17.4. The molecule has 4 rings (SSSR count). The Kier molecular flexibility index (Phi) is 5.28. The van der Waals surface area contributed by atoms with Crippen LogP contribution < -0.4 is 15.2 Å². The number of allylic oxidation sites excluding steroid dienone is 1. The van der Waals surface area contributed by atoms with Crippen molar-refractivity contribution >= 4 is 15.9 Å². The first-order chi connectivity index (χ1) is 14.1. The van der Waals surface area contributed by atoms with Crippen LogP contribution in [0.2, 0.25) is 0 Å². The van der Waals surface area contributed by atoms with Crippen LogP contribution in [0, 0.1) is 11.3 Å². The van der Waals surface area contributed by atoms with Crippen molar-refractivity contribution in [2.45, 2.75) is 19.3 Å². The number of fused-ring (bicyclic) bond motifs is 1. The van der Waals surface area contributed by atoms with Gasteiger partial charge in [0.1, 0.15) is 17.4 Å². The van der Waals surface area contributed by atoms with Gasteiger partial charge in [-0.25, -0.2) is 0 Å². The Hall–Kier alpha value is -3.24. The summed E-state index contributed by atoms with van der Waals surface area (Å²) in [5, 5.41) is 17.1. The molecule has 1 aromatic heterocycles. The average Bonchev–Trinajstić information content (AvgIpc) is 3.15. The summed E-state index contributed by atoms with van der Waals surface area (Å²) < 4.78 is 12.3. The maximum Gasteiger partial charge on any atom is 0.244 e. The third-order valence-electron chi connectivity index (χ3n) is 4.76. The SMILES string of the molecule is CCCOc1ccc(-c2[nH]nc3c2[C@@H](c2ccc(Br)cc2)C(C#N)=C(N)O3)cc1. The molecule has 0 saturated carbocycles. The van der Waals surface area contributed by atoms with Crippen molar-refractivity contribution in [3.05, 3.63) is 75.6 Å². The largest absolute Gasteiger partial charge is 0.494 e. The summed E-state index contributed by atoms with van der Waals surface area (Å²) in [6, 6.07) is 17.8. The normalized spacial score (nSPS) is 15.4. The first-order valence-electron chi connectivity index (χ1n) is 9.27. The van der Waals surface area contributed by atoms with Crippen LogP contribution in [0.3, 0.4) is 0 Å². The van der Waals surface area contributed by atoms with Gasteiger partial charge in [-0.15, -0.1) is 5.10 Å². The van der Waals surface area contributed by atoms with Crippen LogP contribution in [0.25, 0.3) is 11.3 Å². The first-order valence-corrected chi connectivity index (χ1v) is 10.1. The molecule has 2 aromatic carbocycles. The Labute approximate surface area is 177 Å². The van der Waals surface area contributed by atoms with Crippen molar-refractivity contribution in [2.75, 3.05) is 6.61 Å². The topological polar surface area (TPSA) is 97.0 Å². The van der Waals surface area contributed by atoms with E-state index >= 15 is 0 Å². The minimum Gasteiger partial charge on any atom is -0.494 e. The summed E-state index contributed by atoms with van der Waals surface area (Å²) in [7, 11) is 0.